The Labute approximate surface area is 122 Å². The van der Waals surface area contributed by atoms with Gasteiger partial charge in [0, 0.05) is 31.7 Å². The van der Waals surface area contributed by atoms with Gasteiger partial charge in [0.05, 0.1) is 11.1 Å². The van der Waals surface area contributed by atoms with Crippen molar-refractivity contribution in [2.75, 3.05) is 26.2 Å². The zero-order chi connectivity index (χ0) is 13.1. The van der Waals surface area contributed by atoms with E-state index in [-0.39, 0.29) is 23.0 Å². The molecule has 1 aromatic rings. The summed E-state index contributed by atoms with van der Waals surface area (Å²) in [5.41, 5.74) is -0.0144. The second kappa shape index (κ2) is 7.20. The van der Waals surface area contributed by atoms with Crippen LogP contribution in [-0.4, -0.2) is 31.1 Å². The number of piperazine rings is 1. The lowest BCUT2D eigenvalue weighted by Crippen LogP contribution is -2.45. The molecule has 0 amide bonds. The van der Waals surface area contributed by atoms with E-state index >= 15 is 0 Å². The van der Waals surface area contributed by atoms with Gasteiger partial charge in [0.2, 0.25) is 0 Å². The van der Waals surface area contributed by atoms with Crippen LogP contribution >= 0.6 is 24.0 Å². The van der Waals surface area contributed by atoms with Gasteiger partial charge in [-0.2, -0.15) is 0 Å². The number of hydrogen-bond donors (Lipinski definition) is 1. The molecule has 0 bridgehead atoms. The minimum atomic E-state index is -0.694. The lowest BCUT2D eigenvalue weighted by atomic mass is 10.0. The highest BCUT2D eigenvalue weighted by Crippen LogP contribution is 2.30. The van der Waals surface area contributed by atoms with Crippen molar-refractivity contribution in [3.8, 4) is 0 Å². The maximum Gasteiger partial charge on any atom is 0.149 e. The first-order valence-electron chi connectivity index (χ1n) is 5.86. The maximum atomic E-state index is 14.0. The van der Waals surface area contributed by atoms with E-state index in [0.29, 0.717) is 0 Å². The third-order valence-corrected chi connectivity index (χ3v) is 3.44. The van der Waals surface area contributed by atoms with Crippen molar-refractivity contribution >= 4 is 24.0 Å². The average molecular weight is 309 g/mol. The van der Waals surface area contributed by atoms with E-state index in [1.54, 1.807) is 6.08 Å². The van der Waals surface area contributed by atoms with E-state index in [2.05, 4.69) is 11.9 Å². The first kappa shape index (κ1) is 16.4. The number of rotatable bonds is 3. The van der Waals surface area contributed by atoms with Crippen LogP contribution in [0.1, 0.15) is 11.6 Å². The van der Waals surface area contributed by atoms with Crippen LogP contribution in [0.3, 0.4) is 0 Å². The van der Waals surface area contributed by atoms with E-state index in [1.165, 1.54) is 12.1 Å². The fourth-order valence-corrected chi connectivity index (χ4v) is 2.39. The van der Waals surface area contributed by atoms with E-state index in [1.807, 2.05) is 4.90 Å². The quantitative estimate of drug-likeness (QED) is 0.681. The van der Waals surface area contributed by atoms with Gasteiger partial charge in [0.15, 0.2) is 0 Å². The Bertz CT molecular complexity index is 449. The summed E-state index contributed by atoms with van der Waals surface area (Å²) < 4.78 is 27.8. The normalized spacial score (nSPS) is 17.6. The standard InChI is InChI=1S/C13H15ClF2N2.ClH/c1-2-11(18-7-5-17-6-8-18)12-10(15)4-3-9(14)13(12)16;/h2-4,11,17H,1,5-8H2;1H/t11-;/m1./s1. The predicted octanol–water partition coefficient (Wildman–Crippen LogP) is 3.17. The summed E-state index contributed by atoms with van der Waals surface area (Å²) in [4.78, 5) is 1.99. The molecule has 1 N–H and O–H groups in total. The first-order chi connectivity index (χ1) is 8.65. The van der Waals surface area contributed by atoms with Gasteiger partial charge in [-0.15, -0.1) is 19.0 Å². The van der Waals surface area contributed by atoms with Gasteiger partial charge < -0.3 is 5.32 Å². The summed E-state index contributed by atoms with van der Waals surface area (Å²) >= 11 is 5.72. The fraction of sp³-hybridized carbons (Fsp3) is 0.385. The lowest BCUT2D eigenvalue weighted by molar-refractivity contribution is 0.197. The summed E-state index contributed by atoms with van der Waals surface area (Å²) in [5.74, 6) is -1.28. The van der Waals surface area contributed by atoms with E-state index in [4.69, 9.17) is 11.6 Å². The molecule has 1 aromatic carbocycles. The highest BCUT2D eigenvalue weighted by atomic mass is 35.5. The van der Waals surface area contributed by atoms with Gasteiger partial charge in [-0.05, 0) is 12.1 Å². The van der Waals surface area contributed by atoms with Gasteiger partial charge in [0.25, 0.3) is 0 Å². The Morgan fingerprint density at radius 1 is 1.32 bits per heavy atom. The number of benzene rings is 1. The molecule has 0 radical (unpaired) electrons. The van der Waals surface area contributed by atoms with E-state index in [0.717, 1.165) is 26.2 Å². The molecule has 2 rings (SSSR count). The summed E-state index contributed by atoms with van der Waals surface area (Å²) in [6.07, 6.45) is 1.56. The van der Waals surface area contributed by atoms with Crippen molar-refractivity contribution in [3.63, 3.8) is 0 Å². The molecule has 1 saturated heterocycles. The summed E-state index contributed by atoms with van der Waals surface area (Å²) in [6.45, 7) is 6.73. The topological polar surface area (TPSA) is 15.3 Å². The molecule has 1 fully saturated rings. The predicted molar refractivity (Wildman–Crippen MR) is 76.0 cm³/mol. The molecular weight excluding hydrogens is 293 g/mol. The van der Waals surface area contributed by atoms with Crippen LogP contribution in [0.5, 0.6) is 0 Å². The molecule has 1 aliphatic heterocycles. The summed E-state index contributed by atoms with van der Waals surface area (Å²) in [5, 5.41) is 3.13. The Morgan fingerprint density at radius 3 is 2.53 bits per heavy atom. The number of nitrogens with one attached hydrogen (secondary N) is 1. The molecule has 1 aliphatic rings. The molecule has 6 heteroatoms. The monoisotopic (exact) mass is 308 g/mol. The van der Waals surface area contributed by atoms with Crippen molar-refractivity contribution in [2.45, 2.75) is 6.04 Å². The second-order valence-electron chi connectivity index (χ2n) is 4.22. The van der Waals surface area contributed by atoms with E-state index < -0.39 is 17.7 Å². The Hall–Kier alpha value is -0.680. The van der Waals surface area contributed by atoms with Crippen LogP contribution in [0.4, 0.5) is 8.78 Å². The number of hydrogen-bond acceptors (Lipinski definition) is 2. The second-order valence-corrected chi connectivity index (χ2v) is 4.63. The van der Waals surface area contributed by atoms with Crippen molar-refractivity contribution in [1.29, 1.82) is 0 Å². The van der Waals surface area contributed by atoms with Crippen LogP contribution in [-0.2, 0) is 0 Å². The first-order valence-corrected chi connectivity index (χ1v) is 6.23. The molecule has 0 unspecified atom stereocenters. The molecule has 0 spiro atoms. The zero-order valence-corrected chi connectivity index (χ0v) is 11.9. The minimum Gasteiger partial charge on any atom is -0.314 e. The van der Waals surface area contributed by atoms with Crippen LogP contribution in [0.25, 0.3) is 0 Å². The van der Waals surface area contributed by atoms with Crippen molar-refractivity contribution in [2.24, 2.45) is 0 Å². The largest absolute Gasteiger partial charge is 0.314 e. The highest BCUT2D eigenvalue weighted by Gasteiger charge is 2.26. The molecule has 0 aromatic heterocycles. The van der Waals surface area contributed by atoms with Gasteiger partial charge in [-0.1, -0.05) is 17.7 Å². The van der Waals surface area contributed by atoms with Gasteiger partial charge in [0.1, 0.15) is 11.6 Å². The summed E-state index contributed by atoms with van der Waals surface area (Å²) in [7, 11) is 0. The molecule has 0 saturated carbocycles. The van der Waals surface area contributed by atoms with E-state index in [9.17, 15) is 8.78 Å². The molecule has 1 atom stereocenters. The van der Waals surface area contributed by atoms with Gasteiger partial charge >= 0.3 is 0 Å². The SMILES string of the molecule is C=C[C@H](c1c(F)ccc(Cl)c1F)N1CCNCC1.Cl. The van der Waals surface area contributed by atoms with Crippen molar-refractivity contribution in [3.05, 3.63) is 47.0 Å². The fourth-order valence-electron chi connectivity index (χ4n) is 2.22. The smallest absolute Gasteiger partial charge is 0.149 e. The summed E-state index contributed by atoms with van der Waals surface area (Å²) in [6, 6.07) is 1.94. The third-order valence-electron chi connectivity index (χ3n) is 3.14. The van der Waals surface area contributed by atoms with Crippen LogP contribution in [0.15, 0.2) is 24.8 Å². The van der Waals surface area contributed by atoms with Crippen LogP contribution < -0.4 is 5.32 Å². The van der Waals surface area contributed by atoms with Gasteiger partial charge in [-0.25, -0.2) is 8.78 Å². The zero-order valence-electron chi connectivity index (χ0n) is 10.3. The Kier molecular flexibility index (Phi) is 6.20. The van der Waals surface area contributed by atoms with Crippen LogP contribution in [0.2, 0.25) is 5.02 Å². The minimum absolute atomic E-state index is 0. The van der Waals surface area contributed by atoms with Crippen LogP contribution in [0, 0.1) is 11.6 Å². The number of nitrogens with zero attached hydrogens (tertiary/aromatic N) is 1. The molecule has 2 nitrogen and oxygen atoms in total. The molecule has 0 aliphatic carbocycles. The lowest BCUT2D eigenvalue weighted by Gasteiger charge is -2.33. The molecule has 106 valence electrons. The van der Waals surface area contributed by atoms with Gasteiger partial charge in [-0.3, -0.25) is 4.90 Å². The highest BCUT2D eigenvalue weighted by molar-refractivity contribution is 6.30. The average Bonchev–Trinajstić information content (AvgIpc) is 2.40. The Morgan fingerprint density at radius 2 is 1.95 bits per heavy atom. The number of halogens is 4. The maximum absolute atomic E-state index is 14.0. The molecular formula is C13H16Cl2F2N2. The van der Waals surface area contributed by atoms with Crippen molar-refractivity contribution in [1.82, 2.24) is 10.2 Å². The Balaban J connectivity index is 0.00000180. The molecule has 1 heterocycles. The third kappa shape index (κ3) is 3.45. The van der Waals surface area contributed by atoms with Crippen molar-refractivity contribution < 1.29 is 8.78 Å². The molecule has 19 heavy (non-hydrogen) atoms.